The lowest BCUT2D eigenvalue weighted by Crippen LogP contribution is -2.29. The number of aromatic nitrogens is 1. The summed E-state index contributed by atoms with van der Waals surface area (Å²) < 4.78 is 16.8. The average Bonchev–Trinajstić information content (AvgIpc) is 3.31. The molecule has 2 aromatic rings. The lowest BCUT2D eigenvalue weighted by Gasteiger charge is -2.14. The van der Waals surface area contributed by atoms with Crippen molar-refractivity contribution in [3.63, 3.8) is 0 Å². The monoisotopic (exact) mass is 374 g/mol. The summed E-state index contributed by atoms with van der Waals surface area (Å²) in [6.45, 7) is 5.99. The van der Waals surface area contributed by atoms with Crippen LogP contribution in [0.2, 0.25) is 0 Å². The third kappa shape index (κ3) is 4.80. The molecule has 27 heavy (non-hydrogen) atoms. The van der Waals surface area contributed by atoms with Gasteiger partial charge in [0.25, 0.3) is 0 Å². The molecule has 1 unspecified atom stereocenters. The molecule has 146 valence electrons. The normalized spacial score (nSPS) is 16.6. The average molecular weight is 374 g/mol. The number of nitrogens with zero attached hydrogens (tertiary/aromatic N) is 2. The highest BCUT2D eigenvalue weighted by Crippen LogP contribution is 2.32. The van der Waals surface area contributed by atoms with Gasteiger partial charge in [0.15, 0.2) is 11.5 Å². The lowest BCUT2D eigenvalue weighted by atomic mass is 10.2. The molecule has 0 bridgehead atoms. The first-order valence-corrected chi connectivity index (χ1v) is 9.41. The van der Waals surface area contributed by atoms with E-state index in [4.69, 9.17) is 13.9 Å². The minimum atomic E-state index is -0.396. The van der Waals surface area contributed by atoms with Crippen molar-refractivity contribution in [2.45, 2.75) is 39.2 Å². The summed E-state index contributed by atoms with van der Waals surface area (Å²) in [6, 6.07) is 5.57. The Kier molecular flexibility index (Phi) is 6.34. The van der Waals surface area contributed by atoms with E-state index >= 15 is 0 Å². The maximum atomic E-state index is 12.2. The van der Waals surface area contributed by atoms with E-state index in [-0.39, 0.29) is 5.91 Å². The van der Waals surface area contributed by atoms with Crippen molar-refractivity contribution < 1.29 is 23.8 Å². The molecule has 1 amide bonds. The van der Waals surface area contributed by atoms with E-state index in [0.29, 0.717) is 63.0 Å². The van der Waals surface area contributed by atoms with Gasteiger partial charge in [-0.1, -0.05) is 0 Å². The fraction of sp³-hybridized carbons (Fsp3) is 0.500. The van der Waals surface area contributed by atoms with E-state index in [0.717, 1.165) is 11.3 Å². The number of oxazole rings is 1. The quantitative estimate of drug-likeness (QED) is 0.765. The Labute approximate surface area is 158 Å². The Morgan fingerprint density at radius 2 is 2.07 bits per heavy atom. The van der Waals surface area contributed by atoms with E-state index in [2.05, 4.69) is 4.98 Å². The van der Waals surface area contributed by atoms with Crippen molar-refractivity contribution >= 4 is 5.91 Å². The van der Waals surface area contributed by atoms with Crippen LogP contribution in [0, 0.1) is 0 Å². The van der Waals surface area contributed by atoms with Crippen LogP contribution in [0.15, 0.2) is 28.9 Å². The Hall–Kier alpha value is -2.54. The van der Waals surface area contributed by atoms with Crippen LogP contribution in [0.25, 0.3) is 11.5 Å². The van der Waals surface area contributed by atoms with Gasteiger partial charge in [-0.15, -0.1) is 0 Å². The zero-order chi connectivity index (χ0) is 19.2. The molecule has 1 fully saturated rings. The molecule has 7 heteroatoms. The minimum absolute atomic E-state index is 0.0378. The Morgan fingerprint density at radius 1 is 1.30 bits per heavy atom. The summed E-state index contributed by atoms with van der Waals surface area (Å²) in [4.78, 5) is 18.4. The Balaban J connectivity index is 1.64. The third-order valence-corrected chi connectivity index (χ3v) is 4.45. The number of aliphatic hydroxyl groups is 1. The van der Waals surface area contributed by atoms with Crippen molar-refractivity contribution in [3.05, 3.63) is 30.2 Å². The van der Waals surface area contributed by atoms with E-state index in [1.165, 1.54) is 0 Å². The number of likely N-dealkylation sites (tertiary alicyclic amines) is 1. The number of rotatable bonds is 8. The molecule has 1 N–H and O–H groups in total. The molecule has 7 nitrogen and oxygen atoms in total. The van der Waals surface area contributed by atoms with Crippen LogP contribution in [0.3, 0.4) is 0 Å². The van der Waals surface area contributed by atoms with E-state index < -0.39 is 6.10 Å². The van der Waals surface area contributed by atoms with Gasteiger partial charge in [-0.05, 0) is 38.5 Å². The van der Waals surface area contributed by atoms with E-state index in [9.17, 15) is 9.90 Å². The summed E-state index contributed by atoms with van der Waals surface area (Å²) >= 11 is 0. The molecule has 0 saturated carbocycles. The van der Waals surface area contributed by atoms with Crippen LogP contribution in [-0.2, 0) is 11.2 Å². The molecule has 0 aliphatic carbocycles. The number of ether oxygens (including phenoxy) is 2. The van der Waals surface area contributed by atoms with E-state index in [1.807, 2.05) is 32.0 Å². The van der Waals surface area contributed by atoms with Gasteiger partial charge in [0.2, 0.25) is 11.8 Å². The predicted molar refractivity (Wildman–Crippen MR) is 99.8 cm³/mol. The summed E-state index contributed by atoms with van der Waals surface area (Å²) in [5.74, 6) is 1.86. The molecule has 0 radical (unpaired) electrons. The molecular formula is C20H26N2O5. The summed E-state index contributed by atoms with van der Waals surface area (Å²) in [6.07, 6.45) is 2.70. The SMILES string of the molecule is CCOc1ccc(-c2nc(CCC(=O)N3CCC(O)C3)co2)cc1OCC. The molecule has 1 aromatic carbocycles. The van der Waals surface area contributed by atoms with Crippen LogP contribution in [-0.4, -0.2) is 53.3 Å². The highest BCUT2D eigenvalue weighted by atomic mass is 16.5. The number of aryl methyl sites for hydroxylation is 1. The van der Waals surface area contributed by atoms with E-state index in [1.54, 1.807) is 11.2 Å². The number of carbonyl (C=O) groups excluding carboxylic acids is 1. The van der Waals surface area contributed by atoms with Crippen molar-refractivity contribution in [1.29, 1.82) is 0 Å². The van der Waals surface area contributed by atoms with Crippen molar-refractivity contribution in [1.82, 2.24) is 9.88 Å². The van der Waals surface area contributed by atoms with Gasteiger partial charge in [-0.25, -0.2) is 4.98 Å². The van der Waals surface area contributed by atoms with Gasteiger partial charge in [-0.2, -0.15) is 0 Å². The first kappa shape index (κ1) is 19.2. The van der Waals surface area contributed by atoms with Crippen LogP contribution in [0.5, 0.6) is 11.5 Å². The van der Waals surface area contributed by atoms with Gasteiger partial charge >= 0.3 is 0 Å². The van der Waals surface area contributed by atoms with Crippen LogP contribution in [0.1, 0.15) is 32.4 Å². The van der Waals surface area contributed by atoms with Gasteiger partial charge in [0.1, 0.15) is 6.26 Å². The number of hydrogen-bond donors (Lipinski definition) is 1. The second kappa shape index (κ2) is 8.90. The molecule has 1 aliphatic heterocycles. The second-order valence-electron chi connectivity index (χ2n) is 6.45. The Bertz CT molecular complexity index is 773. The van der Waals surface area contributed by atoms with Gasteiger partial charge in [0.05, 0.1) is 25.0 Å². The molecule has 0 spiro atoms. The molecule has 1 atom stereocenters. The second-order valence-corrected chi connectivity index (χ2v) is 6.45. The van der Waals surface area contributed by atoms with Crippen LogP contribution in [0.4, 0.5) is 0 Å². The van der Waals surface area contributed by atoms with Gasteiger partial charge in [0, 0.05) is 31.5 Å². The first-order chi connectivity index (χ1) is 13.1. The molecular weight excluding hydrogens is 348 g/mol. The van der Waals surface area contributed by atoms with Crippen LogP contribution >= 0.6 is 0 Å². The largest absolute Gasteiger partial charge is 0.490 e. The number of amides is 1. The summed E-state index contributed by atoms with van der Waals surface area (Å²) in [5.41, 5.74) is 1.52. The highest BCUT2D eigenvalue weighted by molar-refractivity contribution is 5.76. The topological polar surface area (TPSA) is 85.0 Å². The standard InChI is InChI=1S/C20H26N2O5/c1-3-25-17-7-5-14(11-18(17)26-4-2)20-21-15(13-27-20)6-8-19(24)22-10-9-16(23)12-22/h5,7,11,13,16,23H,3-4,6,8-10,12H2,1-2H3. The predicted octanol–water partition coefficient (Wildman–Crippen LogP) is 2.66. The zero-order valence-corrected chi connectivity index (χ0v) is 15.8. The number of hydrogen-bond acceptors (Lipinski definition) is 6. The first-order valence-electron chi connectivity index (χ1n) is 9.41. The lowest BCUT2D eigenvalue weighted by molar-refractivity contribution is -0.130. The highest BCUT2D eigenvalue weighted by Gasteiger charge is 2.24. The maximum absolute atomic E-state index is 12.2. The molecule has 2 heterocycles. The van der Waals surface area contributed by atoms with Crippen LogP contribution < -0.4 is 9.47 Å². The fourth-order valence-electron chi connectivity index (χ4n) is 3.10. The van der Waals surface area contributed by atoms with Gasteiger partial charge < -0.3 is 23.9 Å². The fourth-order valence-corrected chi connectivity index (χ4v) is 3.10. The van der Waals surface area contributed by atoms with Crippen molar-refractivity contribution in [2.24, 2.45) is 0 Å². The molecule has 3 rings (SSSR count). The summed E-state index contributed by atoms with van der Waals surface area (Å²) in [5, 5.41) is 9.54. The molecule has 1 aromatic heterocycles. The number of carbonyl (C=O) groups is 1. The number of benzene rings is 1. The van der Waals surface area contributed by atoms with Crippen molar-refractivity contribution in [3.8, 4) is 23.0 Å². The number of aliphatic hydroxyl groups excluding tert-OH is 1. The number of β-amino-alcohol motifs (C(OH)–C–C–N with tert-alkyl or cyclic N) is 1. The summed E-state index contributed by atoms with van der Waals surface area (Å²) in [7, 11) is 0. The molecule has 1 saturated heterocycles. The zero-order valence-electron chi connectivity index (χ0n) is 15.8. The Morgan fingerprint density at radius 3 is 2.78 bits per heavy atom. The van der Waals surface area contributed by atoms with Gasteiger partial charge in [-0.3, -0.25) is 4.79 Å². The molecule has 1 aliphatic rings. The minimum Gasteiger partial charge on any atom is -0.490 e. The van der Waals surface area contributed by atoms with Crippen molar-refractivity contribution in [2.75, 3.05) is 26.3 Å². The smallest absolute Gasteiger partial charge is 0.226 e. The third-order valence-electron chi connectivity index (χ3n) is 4.45. The maximum Gasteiger partial charge on any atom is 0.226 e.